The Hall–Kier alpha value is -2.08. The number of anilines is 1. The van der Waals surface area contributed by atoms with Crippen molar-refractivity contribution in [2.24, 2.45) is 0 Å². The summed E-state index contributed by atoms with van der Waals surface area (Å²) in [5, 5.41) is 5.86. The van der Waals surface area contributed by atoms with E-state index in [1.165, 1.54) is 17.6 Å². The Morgan fingerprint density at radius 2 is 2.11 bits per heavy atom. The fraction of sp³-hybridized carbons (Fsp3) is 0.167. The molecule has 0 bridgehead atoms. The van der Waals surface area contributed by atoms with Crippen LogP contribution < -0.4 is 10.6 Å². The SMILES string of the molecule is CNC(=O)c1sc(NC(=O)c2ccco2)cc1C. The van der Waals surface area contributed by atoms with Gasteiger partial charge in [-0.15, -0.1) is 11.3 Å². The molecule has 0 fully saturated rings. The zero-order chi connectivity index (χ0) is 13.1. The van der Waals surface area contributed by atoms with Crippen LogP contribution in [0.4, 0.5) is 5.00 Å². The second kappa shape index (κ2) is 5.05. The molecule has 0 saturated carbocycles. The molecular formula is C12H12N2O3S. The van der Waals surface area contributed by atoms with Gasteiger partial charge in [0, 0.05) is 7.05 Å². The summed E-state index contributed by atoms with van der Waals surface area (Å²) in [6, 6.07) is 4.98. The number of furan rings is 1. The van der Waals surface area contributed by atoms with Crippen LogP contribution in [0.15, 0.2) is 28.9 Å². The van der Waals surface area contributed by atoms with Gasteiger partial charge < -0.3 is 15.1 Å². The predicted octanol–water partition coefficient (Wildman–Crippen LogP) is 2.26. The molecule has 94 valence electrons. The van der Waals surface area contributed by atoms with Crippen molar-refractivity contribution in [3.8, 4) is 0 Å². The van der Waals surface area contributed by atoms with Crippen molar-refractivity contribution in [2.75, 3.05) is 12.4 Å². The van der Waals surface area contributed by atoms with E-state index in [-0.39, 0.29) is 17.6 Å². The van der Waals surface area contributed by atoms with E-state index in [4.69, 9.17) is 4.42 Å². The minimum absolute atomic E-state index is 0.156. The van der Waals surface area contributed by atoms with E-state index in [2.05, 4.69) is 10.6 Å². The molecule has 2 amide bonds. The van der Waals surface area contributed by atoms with Gasteiger partial charge in [-0.3, -0.25) is 9.59 Å². The van der Waals surface area contributed by atoms with Crippen LogP contribution >= 0.6 is 11.3 Å². The number of thiophene rings is 1. The molecule has 0 radical (unpaired) electrons. The van der Waals surface area contributed by atoms with Crippen molar-refractivity contribution in [3.63, 3.8) is 0 Å². The number of carbonyl (C=O) groups excluding carboxylic acids is 2. The molecule has 2 heterocycles. The van der Waals surface area contributed by atoms with Crippen LogP contribution in [0.1, 0.15) is 25.8 Å². The van der Waals surface area contributed by atoms with Gasteiger partial charge >= 0.3 is 0 Å². The molecule has 5 nitrogen and oxygen atoms in total. The van der Waals surface area contributed by atoms with Crippen LogP contribution in [0.5, 0.6) is 0 Å². The third kappa shape index (κ3) is 2.43. The van der Waals surface area contributed by atoms with Crippen molar-refractivity contribution < 1.29 is 14.0 Å². The largest absolute Gasteiger partial charge is 0.459 e. The average molecular weight is 264 g/mol. The number of hydrogen-bond acceptors (Lipinski definition) is 4. The van der Waals surface area contributed by atoms with Crippen molar-refractivity contribution in [3.05, 3.63) is 40.7 Å². The van der Waals surface area contributed by atoms with Gasteiger partial charge in [0.1, 0.15) is 0 Å². The van der Waals surface area contributed by atoms with Gasteiger partial charge in [0.2, 0.25) is 0 Å². The quantitative estimate of drug-likeness (QED) is 0.893. The second-order valence-corrected chi connectivity index (χ2v) is 4.69. The van der Waals surface area contributed by atoms with Crippen LogP contribution in [0.3, 0.4) is 0 Å². The molecule has 0 unspecified atom stereocenters. The molecule has 2 N–H and O–H groups in total. The van der Waals surface area contributed by atoms with E-state index in [0.717, 1.165) is 5.56 Å². The lowest BCUT2D eigenvalue weighted by Crippen LogP contribution is -2.17. The Morgan fingerprint density at radius 3 is 2.72 bits per heavy atom. The summed E-state index contributed by atoms with van der Waals surface area (Å²) in [5.41, 5.74) is 0.828. The van der Waals surface area contributed by atoms with E-state index < -0.39 is 0 Å². The first kappa shape index (κ1) is 12.4. The second-order valence-electron chi connectivity index (χ2n) is 3.63. The molecule has 0 aliphatic rings. The maximum absolute atomic E-state index is 11.7. The van der Waals surface area contributed by atoms with Gasteiger partial charge in [-0.25, -0.2) is 0 Å². The van der Waals surface area contributed by atoms with E-state index in [0.29, 0.717) is 9.88 Å². The normalized spacial score (nSPS) is 10.1. The lowest BCUT2D eigenvalue weighted by Gasteiger charge is -1.98. The highest BCUT2D eigenvalue weighted by Gasteiger charge is 2.15. The minimum atomic E-state index is -0.329. The smallest absolute Gasteiger partial charge is 0.291 e. The van der Waals surface area contributed by atoms with Gasteiger partial charge in [0.25, 0.3) is 11.8 Å². The average Bonchev–Trinajstić information content (AvgIpc) is 2.97. The Kier molecular flexibility index (Phi) is 3.47. The highest BCUT2D eigenvalue weighted by atomic mass is 32.1. The fourth-order valence-corrected chi connectivity index (χ4v) is 2.48. The van der Waals surface area contributed by atoms with Gasteiger partial charge in [-0.05, 0) is 30.7 Å². The van der Waals surface area contributed by atoms with Crippen LogP contribution in [-0.2, 0) is 0 Å². The van der Waals surface area contributed by atoms with Crippen LogP contribution in [0, 0.1) is 6.92 Å². The van der Waals surface area contributed by atoms with Gasteiger partial charge in [0.05, 0.1) is 16.1 Å². The molecule has 0 aliphatic heterocycles. The van der Waals surface area contributed by atoms with Crippen molar-refractivity contribution in [1.82, 2.24) is 5.32 Å². The molecule has 2 aromatic heterocycles. The van der Waals surface area contributed by atoms with Gasteiger partial charge in [0.15, 0.2) is 5.76 Å². The van der Waals surface area contributed by atoms with Crippen LogP contribution in [0.25, 0.3) is 0 Å². The molecular weight excluding hydrogens is 252 g/mol. The Labute approximate surface area is 108 Å². The number of nitrogens with one attached hydrogen (secondary N) is 2. The number of carbonyl (C=O) groups is 2. The summed E-state index contributed by atoms with van der Waals surface area (Å²) in [7, 11) is 1.57. The first-order valence-electron chi connectivity index (χ1n) is 5.29. The van der Waals surface area contributed by atoms with Crippen LogP contribution in [0.2, 0.25) is 0 Å². The molecule has 0 aliphatic carbocycles. The topological polar surface area (TPSA) is 71.3 Å². The number of aryl methyl sites for hydroxylation is 1. The molecule has 2 rings (SSSR count). The first-order chi connectivity index (χ1) is 8.61. The highest BCUT2D eigenvalue weighted by Crippen LogP contribution is 2.26. The van der Waals surface area contributed by atoms with E-state index >= 15 is 0 Å². The zero-order valence-electron chi connectivity index (χ0n) is 9.94. The van der Waals surface area contributed by atoms with Gasteiger partial charge in [-0.1, -0.05) is 0 Å². The standard InChI is InChI=1S/C12H12N2O3S/c1-7-6-9(18-10(7)12(16)13-2)14-11(15)8-4-3-5-17-8/h3-6H,1-2H3,(H,13,16)(H,14,15). The number of rotatable bonds is 3. The summed E-state index contributed by atoms with van der Waals surface area (Å²) >= 11 is 1.23. The van der Waals surface area contributed by atoms with Gasteiger partial charge in [-0.2, -0.15) is 0 Å². The Balaban J connectivity index is 2.16. The Bertz CT molecular complexity index is 572. The summed E-state index contributed by atoms with van der Waals surface area (Å²) in [6.45, 7) is 1.82. The lowest BCUT2D eigenvalue weighted by atomic mass is 10.3. The maximum atomic E-state index is 11.7. The molecule has 6 heteroatoms. The summed E-state index contributed by atoms with van der Waals surface area (Å²) in [6.07, 6.45) is 1.44. The molecule has 0 atom stereocenters. The van der Waals surface area contributed by atoms with E-state index in [1.807, 2.05) is 6.92 Å². The third-order valence-electron chi connectivity index (χ3n) is 2.33. The van der Waals surface area contributed by atoms with Crippen LogP contribution in [-0.4, -0.2) is 18.9 Å². The monoisotopic (exact) mass is 264 g/mol. The summed E-state index contributed by atoms with van der Waals surface area (Å²) in [4.78, 5) is 23.9. The molecule has 0 spiro atoms. The Morgan fingerprint density at radius 1 is 1.33 bits per heavy atom. The molecule has 0 aromatic carbocycles. The number of hydrogen-bond donors (Lipinski definition) is 2. The van der Waals surface area contributed by atoms with Crippen molar-refractivity contribution >= 4 is 28.2 Å². The molecule has 2 aromatic rings. The number of amides is 2. The lowest BCUT2D eigenvalue weighted by molar-refractivity contribution is 0.0964. The minimum Gasteiger partial charge on any atom is -0.459 e. The molecule has 18 heavy (non-hydrogen) atoms. The first-order valence-corrected chi connectivity index (χ1v) is 6.11. The molecule has 0 saturated heterocycles. The van der Waals surface area contributed by atoms with Crippen molar-refractivity contribution in [1.29, 1.82) is 0 Å². The van der Waals surface area contributed by atoms with E-state index in [1.54, 1.807) is 25.2 Å². The van der Waals surface area contributed by atoms with E-state index in [9.17, 15) is 9.59 Å². The predicted molar refractivity (Wildman–Crippen MR) is 69.1 cm³/mol. The third-order valence-corrected chi connectivity index (χ3v) is 3.48. The van der Waals surface area contributed by atoms with Crippen molar-refractivity contribution in [2.45, 2.75) is 6.92 Å². The summed E-state index contributed by atoms with van der Waals surface area (Å²) < 4.78 is 4.99. The fourth-order valence-electron chi connectivity index (χ4n) is 1.46. The highest BCUT2D eigenvalue weighted by molar-refractivity contribution is 7.18. The zero-order valence-corrected chi connectivity index (χ0v) is 10.8. The summed E-state index contributed by atoms with van der Waals surface area (Å²) in [5.74, 6) is -0.247. The maximum Gasteiger partial charge on any atom is 0.291 e.